The second kappa shape index (κ2) is 6.60. The molecular formula is C15H12BrN3S. The van der Waals surface area contributed by atoms with Crippen LogP contribution in [0.25, 0.3) is 11.0 Å². The summed E-state index contributed by atoms with van der Waals surface area (Å²) < 4.78 is 0. The predicted octanol–water partition coefficient (Wildman–Crippen LogP) is 4.30. The van der Waals surface area contributed by atoms with Gasteiger partial charge in [-0.25, -0.2) is 4.98 Å². The lowest BCUT2D eigenvalue weighted by Crippen LogP contribution is -1.87. The van der Waals surface area contributed by atoms with E-state index in [0.29, 0.717) is 0 Å². The van der Waals surface area contributed by atoms with E-state index in [0.717, 1.165) is 33.1 Å². The Morgan fingerprint density at radius 3 is 2.65 bits per heavy atom. The number of rotatable bonds is 3. The number of H-pyrrole nitrogens is 1. The molecule has 1 N–H and O–H groups in total. The van der Waals surface area contributed by atoms with Gasteiger partial charge in [0.25, 0.3) is 0 Å². The Balaban J connectivity index is 0.00000147. The van der Waals surface area contributed by atoms with Gasteiger partial charge in [0.1, 0.15) is 0 Å². The number of imidazole rings is 1. The van der Waals surface area contributed by atoms with Crippen LogP contribution in [-0.4, -0.2) is 9.97 Å². The molecule has 1 aromatic heterocycles. The predicted molar refractivity (Wildman–Crippen MR) is 87.1 cm³/mol. The maximum atomic E-state index is 9.05. The first-order chi connectivity index (χ1) is 9.36. The molecule has 0 bridgehead atoms. The highest BCUT2D eigenvalue weighted by molar-refractivity contribution is 8.93. The molecule has 3 aromatic rings. The number of para-hydroxylation sites is 2. The van der Waals surface area contributed by atoms with Crippen LogP contribution in [0.2, 0.25) is 0 Å². The fraction of sp³-hybridized carbons (Fsp3) is 0.0667. The zero-order valence-electron chi connectivity index (χ0n) is 10.5. The first-order valence-electron chi connectivity index (χ1n) is 5.92. The molecule has 0 saturated heterocycles. The molecule has 100 valence electrons. The van der Waals surface area contributed by atoms with Crippen molar-refractivity contribution in [3.63, 3.8) is 0 Å². The number of nitriles is 1. The maximum absolute atomic E-state index is 9.05. The summed E-state index contributed by atoms with van der Waals surface area (Å²) in [5.74, 6) is 0.740. The van der Waals surface area contributed by atoms with Crippen molar-refractivity contribution < 1.29 is 0 Å². The van der Waals surface area contributed by atoms with Crippen LogP contribution in [-0.2, 0) is 5.75 Å². The lowest BCUT2D eigenvalue weighted by molar-refractivity contribution is 1.08. The summed E-state index contributed by atoms with van der Waals surface area (Å²) in [5, 5.41) is 9.93. The van der Waals surface area contributed by atoms with Crippen molar-refractivity contribution in [2.45, 2.75) is 10.9 Å². The van der Waals surface area contributed by atoms with Crippen LogP contribution in [0.5, 0.6) is 0 Å². The molecular weight excluding hydrogens is 334 g/mol. The molecule has 0 radical (unpaired) electrons. The highest BCUT2D eigenvalue weighted by Crippen LogP contribution is 2.24. The molecule has 0 atom stereocenters. The number of hydrogen-bond acceptors (Lipinski definition) is 3. The number of fused-ring (bicyclic) bond motifs is 1. The van der Waals surface area contributed by atoms with Gasteiger partial charge in [0.15, 0.2) is 5.16 Å². The van der Waals surface area contributed by atoms with E-state index >= 15 is 0 Å². The van der Waals surface area contributed by atoms with Crippen LogP contribution in [0.1, 0.15) is 11.1 Å². The molecule has 0 amide bonds. The number of aromatic amines is 1. The van der Waals surface area contributed by atoms with Crippen LogP contribution in [0.3, 0.4) is 0 Å². The summed E-state index contributed by atoms with van der Waals surface area (Å²) in [7, 11) is 0. The Morgan fingerprint density at radius 1 is 1.10 bits per heavy atom. The summed E-state index contributed by atoms with van der Waals surface area (Å²) in [5.41, 5.74) is 3.78. The summed E-state index contributed by atoms with van der Waals surface area (Å²) in [4.78, 5) is 7.78. The van der Waals surface area contributed by atoms with Crippen LogP contribution in [0.4, 0.5) is 0 Å². The molecule has 2 aromatic carbocycles. The van der Waals surface area contributed by atoms with Crippen molar-refractivity contribution in [2.75, 3.05) is 0 Å². The number of nitrogens with zero attached hydrogens (tertiary/aromatic N) is 2. The smallest absolute Gasteiger partial charge is 0.166 e. The van der Waals surface area contributed by atoms with E-state index in [4.69, 9.17) is 5.26 Å². The fourth-order valence-electron chi connectivity index (χ4n) is 1.90. The molecule has 0 aliphatic carbocycles. The minimum absolute atomic E-state index is 0. The number of benzene rings is 2. The average molecular weight is 346 g/mol. The van der Waals surface area contributed by atoms with Crippen LogP contribution in [0.15, 0.2) is 53.7 Å². The number of hydrogen-bond donors (Lipinski definition) is 1. The van der Waals surface area contributed by atoms with Gasteiger partial charge in [-0.2, -0.15) is 5.26 Å². The number of nitrogens with one attached hydrogen (secondary N) is 1. The Morgan fingerprint density at radius 2 is 1.85 bits per heavy atom. The molecule has 3 nitrogen and oxygen atoms in total. The first kappa shape index (κ1) is 14.6. The standard InChI is InChI=1S/C15H11N3S.BrH/c16-9-11-5-1-2-6-12(11)10-19-15-17-13-7-3-4-8-14(13)18-15;/h1-8H,10H2,(H,17,18);1H. The van der Waals surface area contributed by atoms with Crippen molar-refractivity contribution >= 4 is 39.8 Å². The molecule has 0 aliphatic rings. The Hall–Kier alpha value is -1.77. The van der Waals surface area contributed by atoms with E-state index in [9.17, 15) is 0 Å². The molecule has 1 heterocycles. The van der Waals surface area contributed by atoms with E-state index in [1.807, 2.05) is 48.5 Å². The van der Waals surface area contributed by atoms with Crippen molar-refractivity contribution in [1.82, 2.24) is 9.97 Å². The summed E-state index contributed by atoms with van der Waals surface area (Å²) in [6.45, 7) is 0. The quantitative estimate of drug-likeness (QED) is 0.719. The van der Waals surface area contributed by atoms with Gasteiger partial charge in [-0.1, -0.05) is 42.1 Å². The van der Waals surface area contributed by atoms with E-state index in [1.54, 1.807) is 11.8 Å². The molecule has 0 spiro atoms. The van der Waals surface area contributed by atoms with Crippen molar-refractivity contribution in [1.29, 1.82) is 5.26 Å². The molecule has 0 aliphatic heterocycles. The summed E-state index contributed by atoms with van der Waals surface area (Å²) in [6, 6.07) is 17.8. The normalized spacial score (nSPS) is 9.95. The molecule has 5 heteroatoms. The summed E-state index contributed by atoms with van der Waals surface area (Å²) in [6.07, 6.45) is 0. The second-order valence-corrected chi connectivity index (χ2v) is 5.08. The van der Waals surface area contributed by atoms with Crippen molar-refractivity contribution in [2.24, 2.45) is 0 Å². The topological polar surface area (TPSA) is 52.5 Å². The van der Waals surface area contributed by atoms with Gasteiger partial charge in [0, 0.05) is 5.75 Å². The average Bonchev–Trinajstić information content (AvgIpc) is 2.88. The Bertz CT molecular complexity index is 728. The lowest BCUT2D eigenvalue weighted by Gasteiger charge is -2.01. The van der Waals surface area contributed by atoms with Crippen molar-refractivity contribution in [3.05, 3.63) is 59.7 Å². The SMILES string of the molecule is Br.N#Cc1ccccc1CSc1nc2ccccc2[nH]1. The van der Waals surface area contributed by atoms with Crippen LogP contribution >= 0.6 is 28.7 Å². The monoisotopic (exact) mass is 345 g/mol. The Kier molecular flexibility index (Phi) is 4.83. The fourth-order valence-corrected chi connectivity index (χ4v) is 2.79. The highest BCUT2D eigenvalue weighted by Gasteiger charge is 2.05. The highest BCUT2D eigenvalue weighted by atomic mass is 79.9. The van der Waals surface area contributed by atoms with E-state index in [1.165, 1.54) is 0 Å². The molecule has 20 heavy (non-hydrogen) atoms. The largest absolute Gasteiger partial charge is 0.333 e. The van der Waals surface area contributed by atoms with Crippen molar-refractivity contribution in [3.8, 4) is 6.07 Å². The van der Waals surface area contributed by atoms with Gasteiger partial charge in [0.05, 0.1) is 22.7 Å². The number of thioether (sulfide) groups is 1. The first-order valence-corrected chi connectivity index (χ1v) is 6.91. The van der Waals surface area contributed by atoms with Gasteiger partial charge >= 0.3 is 0 Å². The van der Waals surface area contributed by atoms with Gasteiger partial charge in [-0.3, -0.25) is 0 Å². The van der Waals surface area contributed by atoms with Gasteiger partial charge in [-0.15, -0.1) is 17.0 Å². The van der Waals surface area contributed by atoms with E-state index < -0.39 is 0 Å². The van der Waals surface area contributed by atoms with E-state index in [-0.39, 0.29) is 17.0 Å². The molecule has 0 saturated carbocycles. The van der Waals surface area contributed by atoms with Gasteiger partial charge in [-0.05, 0) is 23.8 Å². The van der Waals surface area contributed by atoms with E-state index in [2.05, 4.69) is 16.0 Å². The third kappa shape index (κ3) is 3.03. The van der Waals surface area contributed by atoms with Crippen LogP contribution in [0, 0.1) is 11.3 Å². The third-order valence-corrected chi connectivity index (χ3v) is 3.79. The van der Waals surface area contributed by atoms with Gasteiger partial charge in [0.2, 0.25) is 0 Å². The lowest BCUT2D eigenvalue weighted by atomic mass is 10.1. The zero-order chi connectivity index (χ0) is 13.1. The van der Waals surface area contributed by atoms with Crippen LogP contribution < -0.4 is 0 Å². The Labute approximate surface area is 131 Å². The van der Waals surface area contributed by atoms with Gasteiger partial charge < -0.3 is 4.98 Å². The minimum atomic E-state index is 0. The number of aromatic nitrogens is 2. The maximum Gasteiger partial charge on any atom is 0.166 e. The third-order valence-electron chi connectivity index (χ3n) is 2.87. The second-order valence-electron chi connectivity index (χ2n) is 4.12. The number of halogens is 1. The molecule has 3 rings (SSSR count). The molecule has 0 unspecified atom stereocenters. The minimum Gasteiger partial charge on any atom is -0.333 e. The molecule has 0 fully saturated rings. The zero-order valence-corrected chi connectivity index (χ0v) is 13.1. The summed E-state index contributed by atoms with van der Waals surface area (Å²) >= 11 is 1.61.